The molecular weight excluding hydrogens is 314 g/mol. The average Bonchev–Trinajstić information content (AvgIpc) is 2.99. The lowest BCUT2D eigenvalue weighted by Crippen LogP contribution is -2.29. The Morgan fingerprint density at radius 3 is 2.48 bits per heavy atom. The fraction of sp³-hybridized carbons (Fsp3) is 0.294. The Bertz CT molecular complexity index is 846. The minimum atomic E-state index is -3.69. The van der Waals surface area contributed by atoms with Crippen molar-refractivity contribution >= 4 is 15.7 Å². The first-order valence-electron chi connectivity index (χ1n) is 7.33. The lowest BCUT2D eigenvalue weighted by atomic mass is 10.2. The average molecular weight is 333 g/mol. The highest BCUT2D eigenvalue weighted by Gasteiger charge is 2.33. The maximum absolute atomic E-state index is 13.1. The Hall–Kier alpha value is -2.21. The monoisotopic (exact) mass is 333 g/mol. The molecule has 0 aliphatic carbocycles. The zero-order chi connectivity index (χ0) is 16.6. The van der Waals surface area contributed by atoms with E-state index in [2.05, 4.69) is 0 Å². The molecule has 5 nitrogen and oxygen atoms in total. The van der Waals surface area contributed by atoms with E-state index in [9.17, 15) is 8.42 Å². The van der Waals surface area contributed by atoms with Gasteiger partial charge in [-0.15, -0.1) is 0 Å². The summed E-state index contributed by atoms with van der Waals surface area (Å²) in [7, 11) is -0.670. The maximum Gasteiger partial charge on any atom is 0.268 e. The van der Waals surface area contributed by atoms with Crippen LogP contribution in [0, 0.1) is 6.92 Å². The molecule has 0 N–H and O–H groups in total. The number of nitrogens with zero attached hydrogens (tertiary/aromatic N) is 1. The van der Waals surface area contributed by atoms with Crippen LogP contribution in [-0.4, -0.2) is 29.2 Å². The van der Waals surface area contributed by atoms with Crippen LogP contribution in [0.3, 0.4) is 0 Å². The zero-order valence-corrected chi connectivity index (χ0v) is 14.2. The van der Waals surface area contributed by atoms with Crippen LogP contribution < -0.4 is 13.8 Å². The van der Waals surface area contributed by atoms with Crippen LogP contribution in [0.15, 0.2) is 41.3 Å². The van der Waals surface area contributed by atoms with E-state index in [4.69, 9.17) is 9.47 Å². The topological polar surface area (TPSA) is 55.8 Å². The molecule has 0 saturated heterocycles. The molecule has 0 spiro atoms. The lowest BCUT2D eigenvalue weighted by molar-refractivity contribution is 0.380. The number of fused-ring (bicyclic) bond motifs is 1. The van der Waals surface area contributed by atoms with E-state index in [0.29, 0.717) is 30.0 Å². The van der Waals surface area contributed by atoms with E-state index >= 15 is 0 Å². The van der Waals surface area contributed by atoms with Crippen molar-refractivity contribution in [2.24, 2.45) is 0 Å². The van der Waals surface area contributed by atoms with Gasteiger partial charge in [0, 0.05) is 12.1 Å². The van der Waals surface area contributed by atoms with Crippen LogP contribution in [0.2, 0.25) is 0 Å². The van der Waals surface area contributed by atoms with E-state index in [-0.39, 0.29) is 4.90 Å². The number of methoxy groups -OCH3 is 2. The summed E-state index contributed by atoms with van der Waals surface area (Å²) in [5, 5.41) is 0. The van der Waals surface area contributed by atoms with E-state index in [0.717, 1.165) is 11.3 Å². The van der Waals surface area contributed by atoms with Gasteiger partial charge >= 0.3 is 0 Å². The number of para-hydroxylation sites is 1. The highest BCUT2D eigenvalue weighted by atomic mass is 32.2. The molecule has 23 heavy (non-hydrogen) atoms. The van der Waals surface area contributed by atoms with Crippen LogP contribution >= 0.6 is 0 Å². The van der Waals surface area contributed by atoms with Crippen molar-refractivity contribution in [1.82, 2.24) is 0 Å². The van der Waals surface area contributed by atoms with Gasteiger partial charge in [-0.25, -0.2) is 8.42 Å². The van der Waals surface area contributed by atoms with Gasteiger partial charge in [-0.2, -0.15) is 0 Å². The van der Waals surface area contributed by atoms with Crippen molar-refractivity contribution in [3.05, 3.63) is 47.5 Å². The summed E-state index contributed by atoms with van der Waals surface area (Å²) in [5.74, 6) is 0.927. The van der Waals surface area contributed by atoms with E-state index in [1.165, 1.54) is 11.4 Å². The SMILES string of the molecule is COc1ccc(S(=O)(=O)N2CCc3ccccc32)c(OC)c1C. The molecule has 2 aromatic rings. The minimum Gasteiger partial charge on any atom is -0.496 e. The molecular formula is C17H19NO4S. The van der Waals surface area contributed by atoms with Gasteiger partial charge in [0.15, 0.2) is 0 Å². The summed E-state index contributed by atoms with van der Waals surface area (Å²) >= 11 is 0. The predicted octanol–water partition coefficient (Wildman–Crippen LogP) is 2.76. The number of sulfonamides is 1. The molecule has 0 fully saturated rings. The van der Waals surface area contributed by atoms with Gasteiger partial charge in [0.25, 0.3) is 10.0 Å². The molecule has 1 heterocycles. The van der Waals surface area contributed by atoms with E-state index < -0.39 is 10.0 Å². The summed E-state index contributed by atoms with van der Waals surface area (Å²) in [4.78, 5) is 0.162. The van der Waals surface area contributed by atoms with Gasteiger partial charge < -0.3 is 9.47 Å². The highest BCUT2D eigenvalue weighted by molar-refractivity contribution is 7.93. The lowest BCUT2D eigenvalue weighted by Gasteiger charge is -2.22. The Labute approximate surface area is 136 Å². The molecule has 1 aliphatic heterocycles. The molecule has 0 radical (unpaired) electrons. The number of hydrogen-bond donors (Lipinski definition) is 0. The van der Waals surface area contributed by atoms with Crippen molar-refractivity contribution in [1.29, 1.82) is 0 Å². The molecule has 0 aromatic heterocycles. The second kappa shape index (κ2) is 5.77. The number of rotatable bonds is 4. The third-order valence-electron chi connectivity index (χ3n) is 4.16. The summed E-state index contributed by atoms with van der Waals surface area (Å²) in [6.45, 7) is 2.23. The first kappa shape index (κ1) is 15.7. The van der Waals surface area contributed by atoms with Crippen molar-refractivity contribution < 1.29 is 17.9 Å². The van der Waals surface area contributed by atoms with Gasteiger partial charge in [-0.3, -0.25) is 4.31 Å². The largest absolute Gasteiger partial charge is 0.496 e. The number of ether oxygens (including phenoxy) is 2. The van der Waals surface area contributed by atoms with Crippen LogP contribution in [0.5, 0.6) is 11.5 Å². The Balaban J connectivity index is 2.14. The smallest absolute Gasteiger partial charge is 0.268 e. The van der Waals surface area contributed by atoms with Crippen molar-refractivity contribution in [2.75, 3.05) is 25.1 Å². The fourth-order valence-corrected chi connectivity index (χ4v) is 4.72. The molecule has 0 amide bonds. The van der Waals surface area contributed by atoms with E-state index in [1.54, 1.807) is 26.2 Å². The van der Waals surface area contributed by atoms with Gasteiger partial charge in [0.1, 0.15) is 16.4 Å². The quantitative estimate of drug-likeness (QED) is 0.863. The molecule has 1 aliphatic rings. The second-order valence-corrected chi connectivity index (χ2v) is 7.21. The molecule has 6 heteroatoms. The normalized spacial score (nSPS) is 13.8. The standard InChI is InChI=1S/C17H19NO4S/c1-12-15(21-2)8-9-16(17(12)22-3)23(19,20)18-11-10-13-6-4-5-7-14(13)18/h4-9H,10-11H2,1-3H3. The van der Waals surface area contributed by atoms with E-state index in [1.807, 2.05) is 24.3 Å². The molecule has 0 bridgehead atoms. The van der Waals surface area contributed by atoms with Crippen LogP contribution in [0.4, 0.5) is 5.69 Å². The summed E-state index contributed by atoms with van der Waals surface area (Å²) < 4.78 is 38.3. The Morgan fingerprint density at radius 1 is 1.04 bits per heavy atom. The Morgan fingerprint density at radius 2 is 1.78 bits per heavy atom. The van der Waals surface area contributed by atoms with Crippen molar-refractivity contribution in [2.45, 2.75) is 18.2 Å². The predicted molar refractivity (Wildman–Crippen MR) is 89.0 cm³/mol. The van der Waals surface area contributed by atoms with Gasteiger partial charge in [-0.1, -0.05) is 18.2 Å². The van der Waals surface area contributed by atoms with Crippen LogP contribution in [-0.2, 0) is 16.4 Å². The molecule has 0 atom stereocenters. The molecule has 122 valence electrons. The molecule has 2 aromatic carbocycles. The third kappa shape index (κ3) is 2.43. The highest BCUT2D eigenvalue weighted by Crippen LogP contribution is 2.39. The molecule has 3 rings (SSSR count). The second-order valence-electron chi connectivity index (χ2n) is 5.38. The van der Waals surface area contributed by atoms with Gasteiger partial charge in [0.05, 0.1) is 19.9 Å². The van der Waals surface area contributed by atoms with Crippen molar-refractivity contribution in [3.8, 4) is 11.5 Å². The third-order valence-corrected chi connectivity index (χ3v) is 5.99. The first-order chi connectivity index (χ1) is 11.0. The number of hydrogen-bond acceptors (Lipinski definition) is 4. The summed E-state index contributed by atoms with van der Waals surface area (Å²) in [6.07, 6.45) is 0.715. The van der Waals surface area contributed by atoms with Gasteiger partial charge in [-0.05, 0) is 37.1 Å². The molecule has 0 unspecified atom stereocenters. The van der Waals surface area contributed by atoms with Crippen LogP contribution in [0.1, 0.15) is 11.1 Å². The molecule has 0 saturated carbocycles. The summed E-state index contributed by atoms with van der Waals surface area (Å²) in [5.41, 5.74) is 2.45. The first-order valence-corrected chi connectivity index (χ1v) is 8.77. The summed E-state index contributed by atoms with van der Waals surface area (Å²) in [6, 6.07) is 10.8. The minimum absolute atomic E-state index is 0.162. The maximum atomic E-state index is 13.1. The zero-order valence-electron chi connectivity index (χ0n) is 13.4. The number of anilines is 1. The van der Waals surface area contributed by atoms with Crippen LogP contribution in [0.25, 0.3) is 0 Å². The number of benzene rings is 2. The fourth-order valence-electron chi connectivity index (χ4n) is 3.00. The van der Waals surface area contributed by atoms with Crippen molar-refractivity contribution in [3.63, 3.8) is 0 Å². The van der Waals surface area contributed by atoms with Gasteiger partial charge in [0.2, 0.25) is 0 Å². The Kier molecular flexibility index (Phi) is 3.93.